The molecule has 3 N–H and O–H groups in total. The molecule has 0 unspecified atom stereocenters. The van der Waals surface area contributed by atoms with E-state index in [0.717, 1.165) is 6.07 Å². The van der Waals surface area contributed by atoms with E-state index >= 15 is 0 Å². The lowest BCUT2D eigenvalue weighted by atomic mass is 10.0. The van der Waals surface area contributed by atoms with E-state index < -0.39 is 23.5 Å². The zero-order chi connectivity index (χ0) is 18.6. The lowest BCUT2D eigenvalue weighted by Gasteiger charge is -2.32. The van der Waals surface area contributed by atoms with Crippen molar-refractivity contribution in [1.29, 1.82) is 0 Å². The van der Waals surface area contributed by atoms with Gasteiger partial charge < -0.3 is 16.0 Å². The van der Waals surface area contributed by atoms with E-state index in [1.54, 1.807) is 4.90 Å². The number of nitrogens with two attached hydrogens (primary N) is 1. The predicted octanol–water partition coefficient (Wildman–Crippen LogP) is 1.49. The van der Waals surface area contributed by atoms with Gasteiger partial charge in [0.15, 0.2) is 11.6 Å². The molecule has 2 amide bonds. The first-order chi connectivity index (χ1) is 11.8. The number of nitrogens with zero attached hydrogens (tertiary/aromatic N) is 1. The van der Waals surface area contributed by atoms with Crippen LogP contribution < -0.4 is 11.1 Å². The van der Waals surface area contributed by atoms with Crippen molar-refractivity contribution in [3.05, 3.63) is 35.1 Å². The minimum Gasteiger partial charge on any atom is -0.353 e. The molecule has 1 heterocycles. The van der Waals surface area contributed by atoms with E-state index in [0.29, 0.717) is 32.0 Å². The summed E-state index contributed by atoms with van der Waals surface area (Å²) in [6.45, 7) is 2.47. The lowest BCUT2D eigenvalue weighted by Crippen LogP contribution is -2.47. The minimum atomic E-state index is -1.26. The number of hydrogen-bond donors (Lipinski definition) is 2. The summed E-state index contributed by atoms with van der Waals surface area (Å²) >= 11 is 0. The molecule has 1 aliphatic rings. The van der Waals surface area contributed by atoms with E-state index in [9.17, 15) is 22.8 Å². The molecule has 0 saturated carbocycles. The highest BCUT2D eigenvalue weighted by atomic mass is 19.2. The van der Waals surface area contributed by atoms with Crippen LogP contribution >= 0.6 is 0 Å². The average Bonchev–Trinajstić information content (AvgIpc) is 2.52. The van der Waals surface area contributed by atoms with Gasteiger partial charge in [-0.2, -0.15) is 0 Å². The Balaban J connectivity index is 1.85. The Morgan fingerprint density at radius 2 is 1.80 bits per heavy atom. The van der Waals surface area contributed by atoms with Crippen LogP contribution in [0.15, 0.2) is 12.1 Å². The Hall–Kier alpha value is -2.09. The Morgan fingerprint density at radius 3 is 2.40 bits per heavy atom. The number of benzene rings is 1. The van der Waals surface area contributed by atoms with E-state index in [1.807, 2.05) is 0 Å². The van der Waals surface area contributed by atoms with Crippen molar-refractivity contribution in [2.24, 2.45) is 5.73 Å². The summed E-state index contributed by atoms with van der Waals surface area (Å²) in [5.41, 5.74) is 5.82. The summed E-state index contributed by atoms with van der Waals surface area (Å²) in [6.07, 6.45) is 1.26. The fourth-order valence-corrected chi connectivity index (χ4v) is 2.99. The maximum atomic E-state index is 13.6. The molecule has 1 aromatic rings. The summed E-state index contributed by atoms with van der Waals surface area (Å²) in [5, 5.41) is 2.82. The lowest BCUT2D eigenvalue weighted by molar-refractivity contribution is -0.132. The van der Waals surface area contributed by atoms with Crippen molar-refractivity contribution in [3.63, 3.8) is 0 Å². The fraction of sp³-hybridized carbons (Fsp3) is 0.529. The number of likely N-dealkylation sites (tertiary alicyclic amines) is 1. The average molecular weight is 357 g/mol. The van der Waals surface area contributed by atoms with Crippen LogP contribution in [-0.2, 0) is 16.0 Å². The second kappa shape index (κ2) is 8.33. The molecule has 1 fully saturated rings. The molecule has 5 nitrogen and oxygen atoms in total. The van der Waals surface area contributed by atoms with Gasteiger partial charge in [0.05, 0.1) is 0 Å². The van der Waals surface area contributed by atoms with Gasteiger partial charge in [0.25, 0.3) is 0 Å². The van der Waals surface area contributed by atoms with Crippen LogP contribution in [0.3, 0.4) is 0 Å². The Labute approximate surface area is 144 Å². The van der Waals surface area contributed by atoms with Crippen molar-refractivity contribution in [3.8, 4) is 0 Å². The van der Waals surface area contributed by atoms with Gasteiger partial charge in [0, 0.05) is 44.6 Å². The van der Waals surface area contributed by atoms with Crippen LogP contribution in [0.4, 0.5) is 13.2 Å². The highest BCUT2D eigenvalue weighted by molar-refractivity contribution is 5.77. The third-order valence-electron chi connectivity index (χ3n) is 4.26. The van der Waals surface area contributed by atoms with Crippen LogP contribution in [0.5, 0.6) is 0 Å². The van der Waals surface area contributed by atoms with Crippen LogP contribution in [0.2, 0.25) is 0 Å². The SMILES string of the molecule is CC(=O)NC1CCN(C(=O)C[C@H](N)Cc2cc(F)c(F)cc2F)CC1. The summed E-state index contributed by atoms with van der Waals surface area (Å²) in [4.78, 5) is 24.9. The Kier molecular flexibility index (Phi) is 6.41. The molecule has 1 saturated heterocycles. The van der Waals surface area contributed by atoms with Crippen LogP contribution in [-0.4, -0.2) is 41.9 Å². The van der Waals surface area contributed by atoms with Gasteiger partial charge in [0.2, 0.25) is 11.8 Å². The van der Waals surface area contributed by atoms with Gasteiger partial charge in [-0.25, -0.2) is 13.2 Å². The molecule has 0 bridgehead atoms. The van der Waals surface area contributed by atoms with E-state index in [1.165, 1.54) is 6.92 Å². The van der Waals surface area contributed by atoms with E-state index in [4.69, 9.17) is 5.73 Å². The summed E-state index contributed by atoms with van der Waals surface area (Å²) in [6, 6.07) is 0.617. The number of nitrogens with one attached hydrogen (secondary N) is 1. The molecule has 2 rings (SSSR count). The minimum absolute atomic E-state index is 0.0107. The Morgan fingerprint density at radius 1 is 1.20 bits per heavy atom. The molecule has 1 aliphatic heterocycles. The molecule has 1 aromatic carbocycles. The smallest absolute Gasteiger partial charge is 0.224 e. The highest BCUT2D eigenvalue weighted by Gasteiger charge is 2.24. The van der Waals surface area contributed by atoms with Gasteiger partial charge in [-0.05, 0) is 30.9 Å². The van der Waals surface area contributed by atoms with Gasteiger partial charge >= 0.3 is 0 Å². The molecule has 0 radical (unpaired) electrons. The third kappa shape index (κ3) is 5.45. The molecule has 0 aliphatic carbocycles. The van der Waals surface area contributed by atoms with Gasteiger partial charge in [0.1, 0.15) is 5.82 Å². The molecule has 1 atom stereocenters. The molecular formula is C17H22F3N3O2. The number of piperidine rings is 1. The van der Waals surface area contributed by atoms with Gasteiger partial charge in [-0.3, -0.25) is 9.59 Å². The van der Waals surface area contributed by atoms with Gasteiger partial charge in [-0.15, -0.1) is 0 Å². The first-order valence-corrected chi connectivity index (χ1v) is 8.20. The summed E-state index contributed by atoms with van der Waals surface area (Å²) in [7, 11) is 0. The second-order valence-corrected chi connectivity index (χ2v) is 6.38. The maximum Gasteiger partial charge on any atom is 0.224 e. The number of rotatable bonds is 5. The van der Waals surface area contributed by atoms with Crippen molar-refractivity contribution in [2.45, 2.75) is 44.7 Å². The zero-order valence-corrected chi connectivity index (χ0v) is 14.0. The summed E-state index contributed by atoms with van der Waals surface area (Å²) in [5.74, 6) is -3.54. The van der Waals surface area contributed by atoms with E-state index in [-0.39, 0.29) is 36.3 Å². The normalized spacial score (nSPS) is 16.6. The van der Waals surface area contributed by atoms with Gasteiger partial charge in [-0.1, -0.05) is 0 Å². The Bertz CT molecular complexity index is 646. The third-order valence-corrected chi connectivity index (χ3v) is 4.26. The van der Waals surface area contributed by atoms with Crippen molar-refractivity contribution in [2.75, 3.05) is 13.1 Å². The molecule has 0 spiro atoms. The topological polar surface area (TPSA) is 75.4 Å². The largest absolute Gasteiger partial charge is 0.353 e. The molecule has 8 heteroatoms. The van der Waals surface area contributed by atoms with Crippen LogP contribution in [0.25, 0.3) is 0 Å². The van der Waals surface area contributed by atoms with Crippen molar-refractivity contribution < 1.29 is 22.8 Å². The number of halogens is 3. The monoisotopic (exact) mass is 357 g/mol. The fourth-order valence-electron chi connectivity index (χ4n) is 2.99. The van der Waals surface area contributed by atoms with Crippen LogP contribution in [0.1, 0.15) is 31.7 Å². The van der Waals surface area contributed by atoms with Crippen molar-refractivity contribution in [1.82, 2.24) is 10.2 Å². The number of carbonyl (C=O) groups is 2. The summed E-state index contributed by atoms with van der Waals surface area (Å²) < 4.78 is 39.8. The quantitative estimate of drug-likeness (QED) is 0.784. The van der Waals surface area contributed by atoms with E-state index in [2.05, 4.69) is 5.32 Å². The second-order valence-electron chi connectivity index (χ2n) is 6.38. The number of carbonyl (C=O) groups excluding carboxylic acids is 2. The molecule has 0 aromatic heterocycles. The number of hydrogen-bond acceptors (Lipinski definition) is 3. The molecular weight excluding hydrogens is 335 g/mol. The predicted molar refractivity (Wildman–Crippen MR) is 86.0 cm³/mol. The van der Waals surface area contributed by atoms with Crippen LogP contribution in [0, 0.1) is 17.5 Å². The molecule has 138 valence electrons. The zero-order valence-electron chi connectivity index (χ0n) is 14.0. The molecule has 25 heavy (non-hydrogen) atoms. The maximum absolute atomic E-state index is 13.6. The number of amides is 2. The van der Waals surface area contributed by atoms with Crippen molar-refractivity contribution >= 4 is 11.8 Å². The first-order valence-electron chi connectivity index (χ1n) is 8.20. The standard InChI is InChI=1S/C17H22F3N3O2/c1-10(24)22-13-2-4-23(5-3-13)17(25)8-12(21)6-11-7-15(19)16(20)9-14(11)18/h7,9,12-13H,2-6,8,21H2,1H3,(H,22,24)/t12-/m1/s1. The highest BCUT2D eigenvalue weighted by Crippen LogP contribution is 2.17. The first kappa shape index (κ1) is 19.2.